The minimum absolute atomic E-state index is 0.152. The highest BCUT2D eigenvalue weighted by atomic mass is 79.9. The van der Waals surface area contributed by atoms with Crippen molar-refractivity contribution in [1.29, 1.82) is 0 Å². The number of carbonyl (C=O) groups is 2. The molecule has 0 saturated carbocycles. The monoisotopic (exact) mass is 339 g/mol. The van der Waals surface area contributed by atoms with E-state index in [-0.39, 0.29) is 18.1 Å². The molecule has 0 spiro atoms. The molecular formula is C14H14BrNO4. The maximum Gasteiger partial charge on any atom is 0.355 e. The van der Waals surface area contributed by atoms with Crippen molar-refractivity contribution in [2.24, 2.45) is 0 Å². The van der Waals surface area contributed by atoms with Crippen LogP contribution in [0.15, 0.2) is 16.6 Å². The Labute approximate surface area is 124 Å². The highest BCUT2D eigenvalue weighted by Crippen LogP contribution is 2.36. The van der Waals surface area contributed by atoms with Crippen LogP contribution >= 0.6 is 15.9 Å². The van der Waals surface area contributed by atoms with E-state index in [0.29, 0.717) is 26.7 Å². The van der Waals surface area contributed by atoms with E-state index in [1.165, 1.54) is 14.0 Å². The fraction of sp³-hybridized carbons (Fsp3) is 0.286. The maximum absolute atomic E-state index is 12.0. The third-order valence-corrected chi connectivity index (χ3v) is 3.58. The molecule has 0 amide bonds. The van der Waals surface area contributed by atoms with E-state index < -0.39 is 5.97 Å². The van der Waals surface area contributed by atoms with Crippen molar-refractivity contribution >= 4 is 38.6 Å². The lowest BCUT2D eigenvalue weighted by Gasteiger charge is -2.03. The van der Waals surface area contributed by atoms with Crippen LogP contribution in [0.3, 0.4) is 0 Å². The van der Waals surface area contributed by atoms with Gasteiger partial charge in [-0.15, -0.1) is 0 Å². The molecule has 0 fully saturated rings. The van der Waals surface area contributed by atoms with Crippen LogP contribution in [-0.4, -0.2) is 30.5 Å². The lowest BCUT2D eigenvalue weighted by Crippen LogP contribution is -2.09. The number of fused-ring (bicyclic) bond motifs is 1. The summed E-state index contributed by atoms with van der Waals surface area (Å²) in [7, 11) is 1.53. The normalized spacial score (nSPS) is 10.6. The summed E-state index contributed by atoms with van der Waals surface area (Å²) >= 11 is 3.40. The molecule has 1 aromatic heterocycles. The molecule has 20 heavy (non-hydrogen) atoms. The van der Waals surface area contributed by atoms with Crippen LogP contribution in [0.2, 0.25) is 0 Å². The van der Waals surface area contributed by atoms with Gasteiger partial charge in [0.2, 0.25) is 0 Å². The van der Waals surface area contributed by atoms with Crippen molar-refractivity contribution in [2.45, 2.75) is 13.8 Å². The van der Waals surface area contributed by atoms with Crippen LogP contribution in [-0.2, 0) is 4.74 Å². The number of rotatable bonds is 4. The van der Waals surface area contributed by atoms with E-state index in [4.69, 9.17) is 9.47 Å². The minimum atomic E-state index is -0.553. The first-order valence-corrected chi connectivity index (χ1v) is 6.86. The number of aromatic nitrogens is 1. The highest BCUT2D eigenvalue weighted by molar-refractivity contribution is 9.10. The number of methoxy groups -OCH3 is 1. The van der Waals surface area contributed by atoms with Gasteiger partial charge in [-0.25, -0.2) is 4.79 Å². The van der Waals surface area contributed by atoms with Crippen LogP contribution in [0, 0.1) is 0 Å². The Bertz CT molecular complexity index is 690. The molecule has 1 N–H and O–H groups in total. The second-order valence-electron chi connectivity index (χ2n) is 4.15. The number of ketones is 1. The Kier molecular flexibility index (Phi) is 4.13. The van der Waals surface area contributed by atoms with Crippen molar-refractivity contribution in [3.05, 3.63) is 27.9 Å². The Morgan fingerprint density at radius 2 is 2.05 bits per heavy atom. The van der Waals surface area contributed by atoms with E-state index in [9.17, 15) is 9.59 Å². The number of hydrogen-bond donors (Lipinski definition) is 1. The summed E-state index contributed by atoms with van der Waals surface area (Å²) < 4.78 is 11.0. The predicted molar refractivity (Wildman–Crippen MR) is 78.5 cm³/mol. The smallest absolute Gasteiger partial charge is 0.355 e. The molecule has 0 radical (unpaired) electrons. The van der Waals surface area contributed by atoms with Gasteiger partial charge in [0.25, 0.3) is 0 Å². The molecule has 1 aromatic carbocycles. The zero-order valence-electron chi connectivity index (χ0n) is 11.4. The average molecular weight is 340 g/mol. The molecule has 0 atom stereocenters. The molecule has 5 nitrogen and oxygen atoms in total. The van der Waals surface area contributed by atoms with E-state index in [1.54, 1.807) is 19.1 Å². The molecule has 6 heteroatoms. The van der Waals surface area contributed by atoms with Gasteiger partial charge in [-0.05, 0) is 26.0 Å². The van der Waals surface area contributed by atoms with Crippen molar-refractivity contribution in [3.8, 4) is 5.75 Å². The number of H-pyrrole nitrogens is 1. The van der Waals surface area contributed by atoms with Gasteiger partial charge in [0, 0.05) is 9.86 Å². The average Bonchev–Trinajstić information content (AvgIpc) is 2.81. The summed E-state index contributed by atoms with van der Waals surface area (Å²) in [6.07, 6.45) is 0. The topological polar surface area (TPSA) is 68.4 Å². The van der Waals surface area contributed by atoms with Crippen LogP contribution in [0.4, 0.5) is 0 Å². The first-order valence-electron chi connectivity index (χ1n) is 6.07. The fourth-order valence-electron chi connectivity index (χ4n) is 2.12. The summed E-state index contributed by atoms with van der Waals surface area (Å²) in [6.45, 7) is 3.37. The molecule has 0 aliphatic rings. The predicted octanol–water partition coefficient (Wildman–Crippen LogP) is 3.32. The van der Waals surface area contributed by atoms with Crippen LogP contribution in [0.25, 0.3) is 10.9 Å². The number of benzene rings is 1. The van der Waals surface area contributed by atoms with Crippen molar-refractivity contribution in [3.63, 3.8) is 0 Å². The molecule has 0 bridgehead atoms. The summed E-state index contributed by atoms with van der Waals surface area (Å²) in [6, 6.07) is 3.53. The zero-order chi connectivity index (χ0) is 14.9. The molecular weight excluding hydrogens is 326 g/mol. The van der Waals surface area contributed by atoms with Gasteiger partial charge in [0.15, 0.2) is 5.78 Å². The number of hydrogen-bond acceptors (Lipinski definition) is 4. The Morgan fingerprint density at radius 1 is 1.35 bits per heavy atom. The van der Waals surface area contributed by atoms with Crippen LogP contribution in [0.1, 0.15) is 34.7 Å². The summed E-state index contributed by atoms with van der Waals surface area (Å²) in [5, 5.41) is 0.625. The van der Waals surface area contributed by atoms with Gasteiger partial charge < -0.3 is 14.5 Å². The van der Waals surface area contributed by atoms with Gasteiger partial charge in [-0.2, -0.15) is 0 Å². The van der Waals surface area contributed by atoms with Crippen LogP contribution in [0.5, 0.6) is 5.75 Å². The summed E-state index contributed by atoms with van der Waals surface area (Å²) in [5.41, 5.74) is 1.05. The SMILES string of the molecule is CCOC(=O)c1[nH]c2c(OC)ccc(Br)c2c1C(C)=O. The van der Waals surface area contributed by atoms with Gasteiger partial charge in [0.05, 0.1) is 24.8 Å². The molecule has 0 aliphatic heterocycles. The van der Waals surface area contributed by atoms with Crippen molar-refractivity contribution < 1.29 is 19.1 Å². The zero-order valence-corrected chi connectivity index (χ0v) is 13.0. The van der Waals surface area contributed by atoms with Gasteiger partial charge in [-0.3, -0.25) is 4.79 Å². The second kappa shape index (κ2) is 5.66. The molecule has 0 aliphatic carbocycles. The first-order chi connectivity index (χ1) is 9.51. The molecule has 0 saturated heterocycles. The molecule has 2 rings (SSSR count). The summed E-state index contributed by atoms with van der Waals surface area (Å²) in [4.78, 5) is 26.8. The molecule has 0 unspecified atom stereocenters. The van der Waals surface area contributed by atoms with Crippen molar-refractivity contribution in [2.75, 3.05) is 13.7 Å². The van der Waals surface area contributed by atoms with Crippen LogP contribution < -0.4 is 4.74 Å². The third kappa shape index (κ3) is 2.31. The third-order valence-electron chi connectivity index (χ3n) is 2.92. The highest BCUT2D eigenvalue weighted by Gasteiger charge is 2.25. The van der Waals surface area contributed by atoms with E-state index in [2.05, 4.69) is 20.9 Å². The number of halogens is 1. The van der Waals surface area contributed by atoms with Crippen molar-refractivity contribution in [1.82, 2.24) is 4.98 Å². The first kappa shape index (κ1) is 14.6. The quantitative estimate of drug-likeness (QED) is 0.685. The number of esters is 1. The minimum Gasteiger partial charge on any atom is -0.495 e. The number of carbonyl (C=O) groups excluding carboxylic acids is 2. The molecule has 106 valence electrons. The lowest BCUT2D eigenvalue weighted by atomic mass is 10.1. The van der Waals surface area contributed by atoms with E-state index in [0.717, 1.165) is 0 Å². The maximum atomic E-state index is 12.0. The van der Waals surface area contributed by atoms with E-state index >= 15 is 0 Å². The largest absolute Gasteiger partial charge is 0.495 e. The number of nitrogens with one attached hydrogen (secondary N) is 1. The number of ether oxygens (including phenoxy) is 2. The van der Waals surface area contributed by atoms with Gasteiger partial charge >= 0.3 is 5.97 Å². The second-order valence-corrected chi connectivity index (χ2v) is 5.01. The summed E-state index contributed by atoms with van der Waals surface area (Å²) in [5.74, 6) is -0.211. The Balaban J connectivity index is 2.82. The van der Waals surface area contributed by atoms with Gasteiger partial charge in [-0.1, -0.05) is 15.9 Å². The Hall–Kier alpha value is -1.82. The molecule has 2 aromatic rings. The number of Topliss-reactive ketones (excluding diaryl/α,β-unsaturated/α-hetero) is 1. The number of aromatic amines is 1. The lowest BCUT2D eigenvalue weighted by molar-refractivity contribution is 0.0517. The van der Waals surface area contributed by atoms with Gasteiger partial charge in [0.1, 0.15) is 11.4 Å². The standard InChI is InChI=1S/C14H14BrNO4/c1-4-20-14(18)13-10(7(2)17)11-8(15)5-6-9(19-3)12(11)16-13/h5-6,16H,4H2,1-3H3. The Morgan fingerprint density at radius 3 is 2.60 bits per heavy atom. The van der Waals surface area contributed by atoms with E-state index in [1.807, 2.05) is 0 Å². The molecule has 1 heterocycles. The fourth-order valence-corrected chi connectivity index (χ4v) is 2.65.